The Balaban J connectivity index is 2.35. The Labute approximate surface area is 135 Å². The van der Waals surface area contributed by atoms with Crippen molar-refractivity contribution in [1.29, 1.82) is 0 Å². The maximum atomic E-state index is 12.3. The third-order valence-electron chi connectivity index (χ3n) is 2.83. The number of hydrogen-bond acceptors (Lipinski definition) is 4. The molecular weight excluding hydrogens is 355 g/mol. The van der Waals surface area contributed by atoms with E-state index in [4.69, 9.17) is 28.3 Å². The van der Waals surface area contributed by atoms with Gasteiger partial charge in [-0.3, -0.25) is 0 Å². The van der Waals surface area contributed by atoms with Crippen molar-refractivity contribution >= 4 is 50.3 Å². The number of rotatable bonds is 5. The van der Waals surface area contributed by atoms with E-state index in [0.717, 1.165) is 17.7 Å². The molecule has 1 aromatic carbocycles. The zero-order chi connectivity index (χ0) is 15.6. The average molecular weight is 365 g/mol. The minimum atomic E-state index is -3.69. The van der Waals surface area contributed by atoms with Crippen molar-refractivity contribution in [3.8, 4) is 0 Å². The van der Waals surface area contributed by atoms with Crippen LogP contribution < -0.4 is 0 Å². The van der Waals surface area contributed by atoms with Gasteiger partial charge in [0.25, 0.3) is 0 Å². The molecule has 4 nitrogen and oxygen atoms in total. The van der Waals surface area contributed by atoms with Crippen LogP contribution >= 0.6 is 34.5 Å². The topological polar surface area (TPSA) is 71.4 Å². The fourth-order valence-electron chi connectivity index (χ4n) is 1.73. The van der Waals surface area contributed by atoms with Crippen molar-refractivity contribution in [3.63, 3.8) is 0 Å². The molecule has 0 aliphatic carbocycles. The summed E-state index contributed by atoms with van der Waals surface area (Å²) in [4.78, 5) is 10.8. The number of thiophene rings is 1. The lowest BCUT2D eigenvalue weighted by Crippen LogP contribution is -2.11. The number of hydrogen-bond donors (Lipinski definition) is 1. The largest absolute Gasteiger partial charge is 0.478 e. The molecule has 2 aromatic rings. The highest BCUT2D eigenvalue weighted by Crippen LogP contribution is 2.29. The van der Waals surface area contributed by atoms with Crippen molar-refractivity contribution in [2.45, 2.75) is 11.3 Å². The lowest BCUT2D eigenvalue weighted by atomic mass is 10.2. The van der Waals surface area contributed by atoms with Crippen molar-refractivity contribution in [1.82, 2.24) is 0 Å². The van der Waals surface area contributed by atoms with E-state index in [1.54, 1.807) is 0 Å². The van der Waals surface area contributed by atoms with Gasteiger partial charge in [-0.2, -0.15) is 11.3 Å². The molecule has 0 amide bonds. The highest BCUT2D eigenvalue weighted by atomic mass is 35.5. The number of sulfone groups is 1. The summed E-state index contributed by atoms with van der Waals surface area (Å²) in [5.41, 5.74) is 0.627. The van der Waals surface area contributed by atoms with Crippen molar-refractivity contribution in [2.24, 2.45) is 0 Å². The molecule has 0 saturated heterocycles. The molecule has 0 spiro atoms. The van der Waals surface area contributed by atoms with Crippen LogP contribution in [0.15, 0.2) is 33.9 Å². The Morgan fingerprint density at radius 3 is 2.52 bits per heavy atom. The average Bonchev–Trinajstić information content (AvgIpc) is 2.88. The van der Waals surface area contributed by atoms with Crippen LogP contribution in [0.1, 0.15) is 15.9 Å². The number of aromatic carboxylic acids is 1. The first kappa shape index (κ1) is 16.3. The predicted octanol–water partition coefficient (Wildman–Crippen LogP) is 3.77. The number of benzene rings is 1. The van der Waals surface area contributed by atoms with E-state index >= 15 is 0 Å². The summed E-state index contributed by atoms with van der Waals surface area (Å²) in [6, 6.07) is 3.99. The molecule has 1 heterocycles. The van der Waals surface area contributed by atoms with Crippen LogP contribution in [-0.4, -0.2) is 25.2 Å². The summed E-state index contributed by atoms with van der Waals surface area (Å²) in [6.45, 7) is 0. The smallest absolute Gasteiger partial charge is 0.337 e. The minimum Gasteiger partial charge on any atom is -0.478 e. The molecule has 21 heavy (non-hydrogen) atoms. The van der Waals surface area contributed by atoms with Gasteiger partial charge in [0.15, 0.2) is 9.84 Å². The molecule has 0 aliphatic heterocycles. The Morgan fingerprint density at radius 1 is 1.24 bits per heavy atom. The van der Waals surface area contributed by atoms with E-state index in [9.17, 15) is 13.2 Å². The van der Waals surface area contributed by atoms with Gasteiger partial charge in [-0.25, -0.2) is 13.2 Å². The summed E-state index contributed by atoms with van der Waals surface area (Å²) in [7, 11) is -3.69. The second-order valence-corrected chi connectivity index (χ2v) is 7.94. The van der Waals surface area contributed by atoms with E-state index in [1.165, 1.54) is 11.3 Å². The molecule has 1 N–H and O–H groups in total. The van der Waals surface area contributed by atoms with Crippen molar-refractivity contribution < 1.29 is 18.3 Å². The van der Waals surface area contributed by atoms with E-state index in [1.807, 2.05) is 16.8 Å². The first-order valence-corrected chi connectivity index (χ1v) is 9.12. The van der Waals surface area contributed by atoms with Crippen LogP contribution in [0.2, 0.25) is 10.0 Å². The molecule has 0 bridgehead atoms. The van der Waals surface area contributed by atoms with Gasteiger partial charge in [-0.15, -0.1) is 0 Å². The fourth-order valence-corrected chi connectivity index (χ4v) is 4.63. The number of carboxylic acids is 1. The zero-order valence-corrected chi connectivity index (χ0v) is 13.7. The third-order valence-corrected chi connectivity index (χ3v) is 6.05. The number of carbonyl (C=O) groups is 1. The van der Waals surface area contributed by atoms with Crippen LogP contribution in [0, 0.1) is 0 Å². The molecular formula is C13H10Cl2O4S2. The molecule has 0 aliphatic rings. The van der Waals surface area contributed by atoms with Crippen LogP contribution in [0.3, 0.4) is 0 Å². The molecule has 2 rings (SSSR count). The molecule has 0 unspecified atom stereocenters. The molecule has 8 heteroatoms. The van der Waals surface area contributed by atoms with Gasteiger partial charge >= 0.3 is 5.97 Å². The lowest BCUT2D eigenvalue weighted by molar-refractivity contribution is 0.0697. The molecule has 0 radical (unpaired) electrons. The Kier molecular flexibility index (Phi) is 4.93. The van der Waals surface area contributed by atoms with Gasteiger partial charge in [0.2, 0.25) is 0 Å². The predicted molar refractivity (Wildman–Crippen MR) is 83.5 cm³/mol. The minimum absolute atomic E-state index is 0.0738. The standard InChI is InChI=1S/C13H10Cl2O4S2/c14-10-6-11(15)12(5-9(10)13(16)17)21(18,19)4-2-8-1-3-20-7-8/h1,3,5-7H,2,4H2,(H,16,17). The summed E-state index contributed by atoms with van der Waals surface area (Å²) in [5, 5.41) is 12.6. The number of halogens is 2. The first-order chi connectivity index (χ1) is 9.81. The Bertz CT molecular complexity index is 768. The molecule has 0 atom stereocenters. The Morgan fingerprint density at radius 2 is 1.95 bits per heavy atom. The SMILES string of the molecule is O=C(O)c1cc(S(=O)(=O)CCc2ccsc2)c(Cl)cc1Cl. The van der Waals surface area contributed by atoms with Crippen LogP contribution in [0.5, 0.6) is 0 Å². The van der Waals surface area contributed by atoms with Crippen LogP contribution in [-0.2, 0) is 16.3 Å². The van der Waals surface area contributed by atoms with Gasteiger partial charge in [0.05, 0.1) is 26.3 Å². The molecule has 0 saturated carbocycles. The van der Waals surface area contributed by atoms with Gasteiger partial charge in [0.1, 0.15) is 0 Å². The van der Waals surface area contributed by atoms with Gasteiger partial charge in [-0.1, -0.05) is 23.2 Å². The quantitative estimate of drug-likeness (QED) is 0.876. The normalized spacial score (nSPS) is 11.5. The monoisotopic (exact) mass is 364 g/mol. The van der Waals surface area contributed by atoms with E-state index in [2.05, 4.69) is 0 Å². The second kappa shape index (κ2) is 6.36. The highest BCUT2D eigenvalue weighted by Gasteiger charge is 2.22. The lowest BCUT2D eigenvalue weighted by Gasteiger charge is -2.08. The van der Waals surface area contributed by atoms with E-state index in [0.29, 0.717) is 6.42 Å². The maximum Gasteiger partial charge on any atom is 0.337 e. The van der Waals surface area contributed by atoms with Gasteiger partial charge in [0, 0.05) is 0 Å². The summed E-state index contributed by atoms with van der Waals surface area (Å²) < 4.78 is 24.6. The number of aryl methyl sites for hydroxylation is 1. The first-order valence-electron chi connectivity index (χ1n) is 5.77. The number of carboxylic acid groups (broad SMARTS) is 1. The summed E-state index contributed by atoms with van der Waals surface area (Å²) in [6.07, 6.45) is 0.340. The summed E-state index contributed by atoms with van der Waals surface area (Å²) in [5.74, 6) is -1.45. The van der Waals surface area contributed by atoms with Gasteiger partial charge < -0.3 is 5.11 Å². The summed E-state index contributed by atoms with van der Waals surface area (Å²) >= 11 is 13.1. The zero-order valence-electron chi connectivity index (χ0n) is 10.5. The van der Waals surface area contributed by atoms with Crippen LogP contribution in [0.25, 0.3) is 0 Å². The third kappa shape index (κ3) is 3.77. The van der Waals surface area contributed by atoms with Crippen LogP contribution in [0.4, 0.5) is 0 Å². The maximum absolute atomic E-state index is 12.3. The fraction of sp³-hybridized carbons (Fsp3) is 0.154. The second-order valence-electron chi connectivity index (χ2n) is 4.27. The Hall–Kier alpha value is -1.08. The van der Waals surface area contributed by atoms with Crippen molar-refractivity contribution in [2.75, 3.05) is 5.75 Å². The van der Waals surface area contributed by atoms with E-state index in [-0.39, 0.29) is 26.3 Å². The molecule has 0 fully saturated rings. The van der Waals surface area contributed by atoms with Gasteiger partial charge in [-0.05, 0) is 40.9 Å². The molecule has 112 valence electrons. The molecule has 1 aromatic heterocycles. The van der Waals surface area contributed by atoms with Crippen molar-refractivity contribution in [3.05, 3.63) is 50.1 Å². The highest BCUT2D eigenvalue weighted by molar-refractivity contribution is 7.91. The van der Waals surface area contributed by atoms with E-state index < -0.39 is 15.8 Å².